The maximum absolute atomic E-state index is 8.84. The maximum atomic E-state index is 8.84. The highest BCUT2D eigenvalue weighted by Gasteiger charge is 2.15. The normalized spacial score (nSPS) is 10.4. The van der Waals surface area contributed by atoms with Gasteiger partial charge in [0, 0.05) is 23.6 Å². The molecular formula is C17H15N5S. The minimum absolute atomic E-state index is 0.335. The summed E-state index contributed by atoms with van der Waals surface area (Å²) in [6, 6.07) is 14.3. The molecule has 0 spiro atoms. The fourth-order valence-electron chi connectivity index (χ4n) is 2.26. The molecule has 0 aliphatic heterocycles. The molecule has 0 amide bonds. The van der Waals surface area contributed by atoms with E-state index in [-0.39, 0.29) is 0 Å². The van der Waals surface area contributed by atoms with Crippen molar-refractivity contribution >= 4 is 11.8 Å². The number of aryl methyl sites for hydroxylation is 1. The second-order valence-electron chi connectivity index (χ2n) is 4.84. The van der Waals surface area contributed by atoms with E-state index in [4.69, 9.17) is 5.26 Å². The van der Waals surface area contributed by atoms with Crippen molar-refractivity contribution in [3.05, 3.63) is 54.4 Å². The number of nitriles is 1. The summed E-state index contributed by atoms with van der Waals surface area (Å²) in [5, 5.41) is 18.1. The van der Waals surface area contributed by atoms with Crippen LogP contribution in [0.4, 0.5) is 0 Å². The summed E-state index contributed by atoms with van der Waals surface area (Å²) in [5.41, 5.74) is 3.20. The van der Waals surface area contributed by atoms with Crippen molar-refractivity contribution in [2.75, 3.05) is 5.75 Å². The van der Waals surface area contributed by atoms with Gasteiger partial charge in [-0.25, -0.2) is 0 Å². The summed E-state index contributed by atoms with van der Waals surface area (Å²) in [7, 11) is 0. The van der Waals surface area contributed by atoms with Crippen LogP contribution in [0.25, 0.3) is 17.1 Å². The van der Waals surface area contributed by atoms with Crippen molar-refractivity contribution in [1.82, 2.24) is 19.7 Å². The van der Waals surface area contributed by atoms with Gasteiger partial charge in [-0.2, -0.15) is 5.26 Å². The molecule has 6 heteroatoms. The Hall–Kier alpha value is -2.65. The van der Waals surface area contributed by atoms with E-state index in [0.717, 1.165) is 23.5 Å². The first-order valence-electron chi connectivity index (χ1n) is 7.28. The first-order chi connectivity index (χ1) is 11.3. The number of thioether (sulfide) groups is 1. The lowest BCUT2D eigenvalue weighted by atomic mass is 10.1. The van der Waals surface area contributed by atoms with Gasteiger partial charge in [-0.05, 0) is 36.2 Å². The van der Waals surface area contributed by atoms with E-state index < -0.39 is 0 Å². The van der Waals surface area contributed by atoms with Crippen LogP contribution >= 0.6 is 11.8 Å². The second-order valence-corrected chi connectivity index (χ2v) is 5.79. The van der Waals surface area contributed by atoms with Gasteiger partial charge in [0.25, 0.3) is 0 Å². The average Bonchev–Trinajstić information content (AvgIpc) is 3.04. The molecule has 5 nitrogen and oxygen atoms in total. The second kappa shape index (κ2) is 7.07. The van der Waals surface area contributed by atoms with E-state index in [1.807, 2.05) is 16.7 Å². The Kier molecular flexibility index (Phi) is 4.69. The van der Waals surface area contributed by atoms with Crippen molar-refractivity contribution in [2.45, 2.75) is 18.5 Å². The molecule has 3 rings (SSSR count). The molecule has 0 aliphatic rings. The van der Waals surface area contributed by atoms with Gasteiger partial charge in [0.2, 0.25) is 0 Å². The average molecular weight is 321 g/mol. The zero-order valence-corrected chi connectivity index (χ0v) is 13.5. The van der Waals surface area contributed by atoms with E-state index in [1.165, 1.54) is 17.3 Å². The molecular weight excluding hydrogens is 306 g/mol. The smallest absolute Gasteiger partial charge is 0.197 e. The fourth-order valence-corrected chi connectivity index (χ4v) is 2.87. The molecule has 23 heavy (non-hydrogen) atoms. The van der Waals surface area contributed by atoms with Crippen molar-refractivity contribution < 1.29 is 0 Å². The van der Waals surface area contributed by atoms with Gasteiger partial charge in [0.05, 0.1) is 11.8 Å². The predicted octanol–water partition coefficient (Wildman–Crippen LogP) is 3.51. The third-order valence-electron chi connectivity index (χ3n) is 3.44. The van der Waals surface area contributed by atoms with Gasteiger partial charge in [-0.15, -0.1) is 10.2 Å². The Morgan fingerprint density at radius 3 is 2.48 bits per heavy atom. The zero-order chi connectivity index (χ0) is 16.1. The number of hydrogen-bond acceptors (Lipinski definition) is 5. The molecule has 3 aromatic rings. The number of nitrogens with zero attached hydrogens (tertiary/aromatic N) is 5. The first-order valence-corrected chi connectivity index (χ1v) is 8.27. The van der Waals surface area contributed by atoms with E-state index >= 15 is 0 Å². The topological polar surface area (TPSA) is 67.4 Å². The van der Waals surface area contributed by atoms with Crippen LogP contribution in [0.1, 0.15) is 12.5 Å². The summed E-state index contributed by atoms with van der Waals surface area (Å²) < 4.78 is 1.98. The fraction of sp³-hybridized carbons (Fsp3) is 0.176. The van der Waals surface area contributed by atoms with Crippen molar-refractivity contribution in [1.29, 1.82) is 5.26 Å². The molecule has 0 radical (unpaired) electrons. The highest BCUT2D eigenvalue weighted by atomic mass is 32.2. The molecule has 2 heterocycles. The van der Waals surface area contributed by atoms with E-state index in [2.05, 4.69) is 52.4 Å². The first kappa shape index (κ1) is 15.3. The van der Waals surface area contributed by atoms with Crippen molar-refractivity contribution in [3.8, 4) is 23.1 Å². The van der Waals surface area contributed by atoms with Gasteiger partial charge >= 0.3 is 0 Å². The highest BCUT2D eigenvalue weighted by molar-refractivity contribution is 7.99. The Morgan fingerprint density at radius 2 is 1.83 bits per heavy atom. The molecule has 0 saturated carbocycles. The van der Waals surface area contributed by atoms with Crippen LogP contribution in [0.3, 0.4) is 0 Å². The molecule has 0 atom stereocenters. The van der Waals surface area contributed by atoms with E-state index in [1.54, 1.807) is 12.4 Å². The standard InChI is InChI=1S/C17H15N5S/c1-2-13-3-5-15(6-4-13)22-16(14-7-10-19-11-8-14)20-21-17(22)23-12-9-18/h3-8,10-11H,2,12H2,1H3. The molecule has 0 unspecified atom stereocenters. The lowest BCUT2D eigenvalue weighted by Gasteiger charge is -2.10. The third-order valence-corrected chi connectivity index (χ3v) is 4.24. The molecule has 0 saturated heterocycles. The molecule has 0 fully saturated rings. The number of hydrogen-bond donors (Lipinski definition) is 0. The summed E-state index contributed by atoms with van der Waals surface area (Å²) in [5.74, 6) is 1.08. The lowest BCUT2D eigenvalue weighted by molar-refractivity contribution is 0.886. The molecule has 114 valence electrons. The Bertz CT molecular complexity index is 818. The quantitative estimate of drug-likeness (QED) is 0.673. The summed E-state index contributed by atoms with van der Waals surface area (Å²) in [4.78, 5) is 4.05. The van der Waals surface area contributed by atoms with Crippen LogP contribution in [0, 0.1) is 11.3 Å². The van der Waals surface area contributed by atoms with Crippen LogP contribution in [0.2, 0.25) is 0 Å². The molecule has 2 aromatic heterocycles. The van der Waals surface area contributed by atoms with Crippen LogP contribution in [0.5, 0.6) is 0 Å². The lowest BCUT2D eigenvalue weighted by Crippen LogP contribution is -2.00. The van der Waals surface area contributed by atoms with Gasteiger partial charge < -0.3 is 0 Å². The summed E-state index contributed by atoms with van der Waals surface area (Å²) in [6.45, 7) is 2.13. The molecule has 1 aromatic carbocycles. The van der Waals surface area contributed by atoms with Gasteiger partial charge in [0.15, 0.2) is 11.0 Å². The molecule has 0 N–H and O–H groups in total. The molecule has 0 bridgehead atoms. The Labute approximate surface area is 139 Å². The number of pyridine rings is 1. The minimum Gasteiger partial charge on any atom is -0.270 e. The van der Waals surface area contributed by atoms with Crippen LogP contribution in [0.15, 0.2) is 53.9 Å². The van der Waals surface area contributed by atoms with Crippen LogP contribution in [-0.4, -0.2) is 25.5 Å². The number of aromatic nitrogens is 4. The molecule has 0 aliphatic carbocycles. The number of benzene rings is 1. The third kappa shape index (κ3) is 3.25. The zero-order valence-electron chi connectivity index (χ0n) is 12.7. The summed E-state index contributed by atoms with van der Waals surface area (Å²) >= 11 is 1.38. The van der Waals surface area contributed by atoms with Gasteiger partial charge in [-0.1, -0.05) is 30.8 Å². The van der Waals surface area contributed by atoms with Crippen molar-refractivity contribution in [2.24, 2.45) is 0 Å². The van der Waals surface area contributed by atoms with Gasteiger partial charge in [-0.3, -0.25) is 9.55 Å². The Morgan fingerprint density at radius 1 is 1.09 bits per heavy atom. The van der Waals surface area contributed by atoms with E-state index in [0.29, 0.717) is 10.9 Å². The van der Waals surface area contributed by atoms with Crippen molar-refractivity contribution in [3.63, 3.8) is 0 Å². The SMILES string of the molecule is CCc1ccc(-n2c(SCC#N)nnc2-c2ccncc2)cc1. The van der Waals surface area contributed by atoms with E-state index in [9.17, 15) is 0 Å². The van der Waals surface area contributed by atoms with Crippen LogP contribution < -0.4 is 0 Å². The summed E-state index contributed by atoms with van der Waals surface area (Å²) in [6.07, 6.45) is 4.46. The largest absolute Gasteiger partial charge is 0.270 e. The highest BCUT2D eigenvalue weighted by Crippen LogP contribution is 2.27. The van der Waals surface area contributed by atoms with Crippen LogP contribution in [-0.2, 0) is 6.42 Å². The minimum atomic E-state index is 0.335. The monoisotopic (exact) mass is 321 g/mol. The van der Waals surface area contributed by atoms with Gasteiger partial charge in [0.1, 0.15) is 0 Å². The predicted molar refractivity (Wildman–Crippen MR) is 90.3 cm³/mol. The number of rotatable bonds is 5. The Balaban J connectivity index is 2.10. The maximum Gasteiger partial charge on any atom is 0.197 e.